The maximum atomic E-state index is 12.0. The molecule has 1 aliphatic carbocycles. The number of nitrogens with zero attached hydrogens (tertiary/aromatic N) is 3. The second kappa shape index (κ2) is 6.07. The van der Waals surface area contributed by atoms with Crippen molar-refractivity contribution in [2.45, 2.75) is 19.3 Å². The second-order valence-corrected chi connectivity index (χ2v) is 6.45. The smallest absolute Gasteiger partial charge is 0.251 e. The van der Waals surface area contributed by atoms with Crippen LogP contribution in [0, 0.1) is 5.92 Å². The molecule has 0 aromatic carbocycles. The number of nitrogens with one attached hydrogen (secondary N) is 2. The number of H-pyrrole nitrogens is 1. The molecule has 1 amide bonds. The molecule has 7 heteroatoms. The summed E-state index contributed by atoms with van der Waals surface area (Å²) in [4.78, 5) is 27.9. The Hall–Kier alpha value is -2.70. The number of hydrogen-bond donors (Lipinski definition) is 2. The van der Waals surface area contributed by atoms with Crippen LogP contribution in [0.25, 0.3) is 0 Å². The number of aromatic nitrogens is 3. The maximum Gasteiger partial charge on any atom is 0.251 e. The molecule has 0 radical (unpaired) electrons. The molecule has 2 aromatic heterocycles. The van der Waals surface area contributed by atoms with Gasteiger partial charge in [-0.3, -0.25) is 9.59 Å². The standard InChI is InChI=1S/C17H19N5O2/c23-16-7-13(4-5-18-16)17(24)19-8-11-9-22(10-11)15-6-12-2-1-3-14(12)20-21-15/h4-7,11H,1-3,8-10H2,(H,18,23)(H,19,24). The van der Waals surface area contributed by atoms with E-state index in [1.807, 2.05) is 0 Å². The minimum Gasteiger partial charge on any atom is -0.354 e. The molecule has 7 nitrogen and oxygen atoms in total. The van der Waals surface area contributed by atoms with E-state index in [1.54, 1.807) is 6.07 Å². The third-order valence-electron chi connectivity index (χ3n) is 4.68. The Labute approximate surface area is 139 Å². The highest BCUT2D eigenvalue weighted by Crippen LogP contribution is 2.26. The molecule has 124 valence electrons. The van der Waals surface area contributed by atoms with E-state index in [4.69, 9.17) is 0 Å². The number of rotatable bonds is 4. The topological polar surface area (TPSA) is 91.0 Å². The van der Waals surface area contributed by atoms with E-state index in [1.165, 1.54) is 24.2 Å². The molecule has 0 spiro atoms. The lowest BCUT2D eigenvalue weighted by Crippen LogP contribution is -2.52. The van der Waals surface area contributed by atoms with Crippen molar-refractivity contribution < 1.29 is 4.79 Å². The molecule has 1 saturated heterocycles. The molecule has 0 unspecified atom stereocenters. The number of pyridine rings is 1. The van der Waals surface area contributed by atoms with Crippen LogP contribution in [0.1, 0.15) is 28.0 Å². The molecule has 0 saturated carbocycles. The van der Waals surface area contributed by atoms with Crippen molar-refractivity contribution in [3.63, 3.8) is 0 Å². The highest BCUT2D eigenvalue weighted by molar-refractivity contribution is 5.93. The van der Waals surface area contributed by atoms with E-state index in [9.17, 15) is 9.59 Å². The number of hydrogen-bond acceptors (Lipinski definition) is 5. The first-order valence-electron chi connectivity index (χ1n) is 8.26. The van der Waals surface area contributed by atoms with Crippen molar-refractivity contribution in [1.29, 1.82) is 0 Å². The Kier molecular flexibility index (Phi) is 3.76. The number of fused-ring (bicyclic) bond motifs is 1. The fraction of sp³-hybridized carbons (Fsp3) is 0.412. The highest BCUT2D eigenvalue weighted by atomic mass is 16.2. The van der Waals surface area contributed by atoms with Gasteiger partial charge in [-0.05, 0) is 37.0 Å². The summed E-state index contributed by atoms with van der Waals surface area (Å²) < 4.78 is 0. The summed E-state index contributed by atoms with van der Waals surface area (Å²) in [5.41, 5.74) is 2.58. The predicted octanol–water partition coefficient (Wildman–Crippen LogP) is 0.520. The Bertz CT molecular complexity index is 826. The minimum atomic E-state index is -0.271. The summed E-state index contributed by atoms with van der Waals surface area (Å²) in [6.45, 7) is 2.33. The van der Waals surface area contributed by atoms with E-state index >= 15 is 0 Å². The average Bonchev–Trinajstić information content (AvgIpc) is 3.01. The number of carbonyl (C=O) groups is 1. The summed E-state index contributed by atoms with van der Waals surface area (Å²) in [6, 6.07) is 5.06. The van der Waals surface area contributed by atoms with Gasteiger partial charge in [0.05, 0.1) is 5.69 Å². The van der Waals surface area contributed by atoms with Gasteiger partial charge in [0.1, 0.15) is 0 Å². The molecule has 0 atom stereocenters. The van der Waals surface area contributed by atoms with E-state index in [-0.39, 0.29) is 11.5 Å². The molecular weight excluding hydrogens is 306 g/mol. The predicted molar refractivity (Wildman–Crippen MR) is 89.2 cm³/mol. The zero-order valence-electron chi connectivity index (χ0n) is 13.3. The lowest BCUT2D eigenvalue weighted by molar-refractivity contribution is 0.0944. The van der Waals surface area contributed by atoms with Crippen LogP contribution >= 0.6 is 0 Å². The van der Waals surface area contributed by atoms with E-state index in [0.29, 0.717) is 18.0 Å². The maximum absolute atomic E-state index is 12.0. The SMILES string of the molecule is O=C(NCC1CN(c2cc3c(nn2)CCC3)C1)c1cc[nH]c(=O)c1. The summed E-state index contributed by atoms with van der Waals surface area (Å²) >= 11 is 0. The lowest BCUT2D eigenvalue weighted by Gasteiger charge is -2.40. The Morgan fingerprint density at radius 1 is 1.29 bits per heavy atom. The largest absolute Gasteiger partial charge is 0.354 e. The van der Waals surface area contributed by atoms with E-state index in [2.05, 4.69) is 31.5 Å². The van der Waals surface area contributed by atoms with Gasteiger partial charge in [0.25, 0.3) is 5.91 Å². The Balaban J connectivity index is 1.29. The van der Waals surface area contributed by atoms with Gasteiger partial charge in [-0.25, -0.2) is 0 Å². The lowest BCUT2D eigenvalue weighted by atomic mass is 10.00. The molecule has 1 fully saturated rings. The molecule has 1 aliphatic heterocycles. The summed E-state index contributed by atoms with van der Waals surface area (Å²) in [5.74, 6) is 1.12. The van der Waals surface area contributed by atoms with Crippen LogP contribution < -0.4 is 15.8 Å². The van der Waals surface area contributed by atoms with Gasteiger partial charge in [0, 0.05) is 43.4 Å². The van der Waals surface area contributed by atoms with Gasteiger partial charge in [-0.1, -0.05) is 0 Å². The van der Waals surface area contributed by atoms with Crippen molar-refractivity contribution in [3.05, 3.63) is 51.6 Å². The number of anilines is 1. The van der Waals surface area contributed by atoms with Crippen LogP contribution in [0.3, 0.4) is 0 Å². The molecule has 0 bridgehead atoms. The van der Waals surface area contributed by atoms with Gasteiger partial charge < -0.3 is 15.2 Å². The first-order valence-corrected chi connectivity index (χ1v) is 8.26. The van der Waals surface area contributed by atoms with Crippen LogP contribution in [-0.4, -0.2) is 40.7 Å². The highest BCUT2D eigenvalue weighted by Gasteiger charge is 2.29. The van der Waals surface area contributed by atoms with Crippen molar-refractivity contribution >= 4 is 11.7 Å². The van der Waals surface area contributed by atoms with Gasteiger partial charge in [0.2, 0.25) is 5.56 Å². The normalized spacial score (nSPS) is 16.6. The number of aryl methyl sites for hydroxylation is 2. The van der Waals surface area contributed by atoms with Gasteiger partial charge in [-0.15, -0.1) is 5.10 Å². The Morgan fingerprint density at radius 3 is 3.00 bits per heavy atom. The number of carbonyl (C=O) groups excluding carboxylic acids is 1. The van der Waals surface area contributed by atoms with Crippen LogP contribution in [0.2, 0.25) is 0 Å². The molecule has 3 heterocycles. The van der Waals surface area contributed by atoms with E-state index < -0.39 is 0 Å². The minimum absolute atomic E-state index is 0.211. The van der Waals surface area contributed by atoms with Crippen LogP contribution in [0.5, 0.6) is 0 Å². The third-order valence-corrected chi connectivity index (χ3v) is 4.68. The fourth-order valence-corrected chi connectivity index (χ4v) is 3.28. The van der Waals surface area contributed by atoms with Gasteiger partial charge in [0.15, 0.2) is 5.82 Å². The Morgan fingerprint density at radius 2 is 2.17 bits per heavy atom. The molecule has 2 N–H and O–H groups in total. The van der Waals surface area contributed by atoms with Gasteiger partial charge >= 0.3 is 0 Å². The number of aromatic amines is 1. The summed E-state index contributed by atoms with van der Waals surface area (Å²) in [6.07, 6.45) is 4.79. The molecule has 24 heavy (non-hydrogen) atoms. The van der Waals surface area contributed by atoms with Crippen molar-refractivity contribution in [2.75, 3.05) is 24.5 Å². The first kappa shape index (κ1) is 14.9. The molecule has 2 aliphatic rings. The van der Waals surface area contributed by atoms with Crippen molar-refractivity contribution in [3.8, 4) is 0 Å². The number of amides is 1. The molecule has 2 aromatic rings. The van der Waals surface area contributed by atoms with Crippen LogP contribution in [-0.2, 0) is 12.8 Å². The zero-order valence-corrected chi connectivity index (χ0v) is 13.3. The quantitative estimate of drug-likeness (QED) is 0.855. The second-order valence-electron chi connectivity index (χ2n) is 6.45. The average molecular weight is 325 g/mol. The molecule has 4 rings (SSSR count). The zero-order chi connectivity index (χ0) is 16.5. The molecular formula is C17H19N5O2. The van der Waals surface area contributed by atoms with E-state index in [0.717, 1.165) is 37.4 Å². The van der Waals surface area contributed by atoms with Crippen LogP contribution in [0.4, 0.5) is 5.82 Å². The third kappa shape index (κ3) is 2.89. The van der Waals surface area contributed by atoms with Crippen molar-refractivity contribution in [1.82, 2.24) is 20.5 Å². The first-order chi connectivity index (χ1) is 11.7. The summed E-state index contributed by atoms with van der Waals surface area (Å²) in [5, 5.41) is 11.5. The summed E-state index contributed by atoms with van der Waals surface area (Å²) in [7, 11) is 0. The van der Waals surface area contributed by atoms with Crippen LogP contribution in [0.15, 0.2) is 29.2 Å². The van der Waals surface area contributed by atoms with Gasteiger partial charge in [-0.2, -0.15) is 5.10 Å². The van der Waals surface area contributed by atoms with Crippen molar-refractivity contribution in [2.24, 2.45) is 5.92 Å². The fourth-order valence-electron chi connectivity index (χ4n) is 3.28. The monoisotopic (exact) mass is 325 g/mol.